The molecule has 1 aliphatic rings. The molecule has 0 fully saturated rings. The van der Waals surface area contributed by atoms with Gasteiger partial charge in [-0.1, -0.05) is 34.5 Å². The lowest BCUT2D eigenvalue weighted by Gasteiger charge is -2.24. The third kappa shape index (κ3) is 2.47. The Labute approximate surface area is 127 Å². The van der Waals surface area contributed by atoms with Crippen molar-refractivity contribution in [1.29, 1.82) is 0 Å². The van der Waals surface area contributed by atoms with E-state index in [9.17, 15) is 0 Å². The van der Waals surface area contributed by atoms with E-state index in [2.05, 4.69) is 44.9 Å². The second kappa shape index (κ2) is 5.29. The number of rotatable bonds is 3. The molecule has 1 atom stereocenters. The molecule has 2 aromatic heterocycles. The van der Waals surface area contributed by atoms with Crippen LogP contribution in [0.1, 0.15) is 23.3 Å². The minimum atomic E-state index is 0.308. The fourth-order valence-corrected chi connectivity index (χ4v) is 2.85. The van der Waals surface area contributed by atoms with E-state index in [0.29, 0.717) is 29.4 Å². The molecular weight excluding hydrogens is 280 g/mol. The third-order valence-corrected chi connectivity index (χ3v) is 3.95. The topological polar surface area (TPSA) is 77.0 Å². The summed E-state index contributed by atoms with van der Waals surface area (Å²) in [4.78, 5) is 0. The van der Waals surface area contributed by atoms with Gasteiger partial charge < -0.3 is 14.3 Å². The van der Waals surface area contributed by atoms with Gasteiger partial charge in [-0.25, -0.2) is 0 Å². The molecule has 0 radical (unpaired) electrons. The van der Waals surface area contributed by atoms with Gasteiger partial charge in [-0.2, -0.15) is 0 Å². The van der Waals surface area contributed by atoms with Crippen LogP contribution in [-0.2, 0) is 12.8 Å². The molecule has 0 amide bonds. The van der Waals surface area contributed by atoms with Crippen molar-refractivity contribution in [2.45, 2.75) is 32.2 Å². The van der Waals surface area contributed by atoms with Crippen LogP contribution in [0.15, 0.2) is 39.3 Å². The van der Waals surface area contributed by atoms with Crippen molar-refractivity contribution in [1.82, 2.24) is 15.4 Å². The zero-order valence-electron chi connectivity index (χ0n) is 12.2. The van der Waals surface area contributed by atoms with Crippen molar-refractivity contribution in [2.75, 3.05) is 5.32 Å². The molecule has 22 heavy (non-hydrogen) atoms. The van der Waals surface area contributed by atoms with Gasteiger partial charge in [0.25, 0.3) is 5.89 Å². The summed E-state index contributed by atoms with van der Waals surface area (Å²) in [6.07, 6.45) is 3.09. The second-order valence-corrected chi connectivity index (χ2v) is 5.59. The number of benzene rings is 1. The minimum Gasteiger partial charge on any atom is -0.402 e. The SMILES string of the molecule is Cc1cc(-c2nnc(NC3CCc4ccccc4C3)o2)no1. The van der Waals surface area contributed by atoms with Crippen LogP contribution in [0.3, 0.4) is 0 Å². The molecular formula is C16H16N4O2. The molecule has 3 aromatic rings. The second-order valence-electron chi connectivity index (χ2n) is 5.59. The summed E-state index contributed by atoms with van der Waals surface area (Å²) in [5.41, 5.74) is 3.38. The molecule has 1 aromatic carbocycles. The number of hydrogen-bond donors (Lipinski definition) is 1. The van der Waals surface area contributed by atoms with Crippen molar-refractivity contribution in [2.24, 2.45) is 0 Å². The Hall–Kier alpha value is -2.63. The average Bonchev–Trinajstić information content (AvgIpc) is 3.16. The van der Waals surface area contributed by atoms with E-state index in [-0.39, 0.29) is 0 Å². The van der Waals surface area contributed by atoms with Crippen molar-refractivity contribution < 1.29 is 8.94 Å². The molecule has 6 nitrogen and oxygen atoms in total. The third-order valence-electron chi connectivity index (χ3n) is 3.95. The van der Waals surface area contributed by atoms with Crippen LogP contribution in [-0.4, -0.2) is 21.4 Å². The number of hydrogen-bond acceptors (Lipinski definition) is 6. The van der Waals surface area contributed by atoms with E-state index >= 15 is 0 Å². The van der Waals surface area contributed by atoms with Gasteiger partial charge in [0.1, 0.15) is 5.76 Å². The lowest BCUT2D eigenvalue weighted by molar-refractivity contribution is 0.397. The first-order valence-corrected chi connectivity index (χ1v) is 7.38. The molecule has 0 aliphatic heterocycles. The Bertz CT molecular complexity index is 793. The normalized spacial score (nSPS) is 17.2. The summed E-state index contributed by atoms with van der Waals surface area (Å²) in [5.74, 6) is 1.09. The number of nitrogens with zero attached hydrogens (tertiary/aromatic N) is 3. The first kappa shape index (κ1) is 13.1. The first-order valence-electron chi connectivity index (χ1n) is 7.38. The standard InChI is InChI=1S/C16H16N4O2/c1-10-8-14(20-22-10)15-18-19-16(21-15)17-13-7-6-11-4-2-3-5-12(11)9-13/h2-5,8,13H,6-7,9H2,1H3,(H,17,19). The monoisotopic (exact) mass is 296 g/mol. The molecule has 1 N–H and O–H groups in total. The number of aryl methyl sites for hydroxylation is 2. The first-order chi connectivity index (χ1) is 10.8. The molecule has 0 saturated heterocycles. The molecule has 2 heterocycles. The van der Waals surface area contributed by atoms with E-state index < -0.39 is 0 Å². The summed E-state index contributed by atoms with van der Waals surface area (Å²) in [7, 11) is 0. The summed E-state index contributed by atoms with van der Waals surface area (Å²) < 4.78 is 10.6. The van der Waals surface area contributed by atoms with Gasteiger partial charge in [-0.3, -0.25) is 0 Å². The van der Waals surface area contributed by atoms with Crippen molar-refractivity contribution >= 4 is 6.01 Å². The molecule has 6 heteroatoms. The summed E-state index contributed by atoms with van der Waals surface area (Å²) >= 11 is 0. The zero-order valence-corrected chi connectivity index (χ0v) is 12.2. The van der Waals surface area contributed by atoms with Crippen LogP contribution >= 0.6 is 0 Å². The van der Waals surface area contributed by atoms with Gasteiger partial charge in [-0.05, 0) is 37.3 Å². The highest BCUT2D eigenvalue weighted by Gasteiger charge is 2.20. The lowest BCUT2D eigenvalue weighted by Crippen LogP contribution is -2.27. The Morgan fingerprint density at radius 2 is 2.05 bits per heavy atom. The fraction of sp³-hybridized carbons (Fsp3) is 0.312. The lowest BCUT2D eigenvalue weighted by atomic mass is 9.88. The van der Waals surface area contributed by atoms with Crippen LogP contribution in [0, 0.1) is 6.92 Å². The number of anilines is 1. The van der Waals surface area contributed by atoms with Crippen LogP contribution in [0.4, 0.5) is 6.01 Å². The molecule has 0 saturated carbocycles. The van der Waals surface area contributed by atoms with E-state index in [0.717, 1.165) is 19.3 Å². The number of aromatic nitrogens is 3. The van der Waals surface area contributed by atoms with E-state index in [1.54, 1.807) is 6.07 Å². The van der Waals surface area contributed by atoms with Crippen molar-refractivity contribution in [3.05, 3.63) is 47.2 Å². The van der Waals surface area contributed by atoms with E-state index in [4.69, 9.17) is 8.94 Å². The van der Waals surface area contributed by atoms with E-state index in [1.165, 1.54) is 11.1 Å². The predicted octanol–water partition coefficient (Wildman–Crippen LogP) is 3.00. The highest BCUT2D eigenvalue weighted by molar-refractivity contribution is 5.47. The van der Waals surface area contributed by atoms with Gasteiger partial charge in [0.05, 0.1) is 0 Å². The minimum absolute atomic E-state index is 0.308. The Morgan fingerprint density at radius 3 is 2.86 bits per heavy atom. The van der Waals surface area contributed by atoms with Crippen LogP contribution in [0.5, 0.6) is 0 Å². The highest BCUT2D eigenvalue weighted by atomic mass is 16.5. The van der Waals surface area contributed by atoms with Crippen LogP contribution in [0.25, 0.3) is 11.6 Å². The Balaban J connectivity index is 1.47. The summed E-state index contributed by atoms with van der Waals surface area (Å²) in [6.45, 7) is 1.82. The molecule has 1 unspecified atom stereocenters. The maximum absolute atomic E-state index is 5.62. The smallest absolute Gasteiger partial charge is 0.316 e. The molecule has 1 aliphatic carbocycles. The quantitative estimate of drug-likeness (QED) is 0.800. The number of fused-ring (bicyclic) bond motifs is 1. The van der Waals surface area contributed by atoms with Gasteiger partial charge in [0.2, 0.25) is 0 Å². The Morgan fingerprint density at radius 1 is 1.18 bits per heavy atom. The van der Waals surface area contributed by atoms with Crippen LogP contribution in [0.2, 0.25) is 0 Å². The number of nitrogens with one attached hydrogen (secondary N) is 1. The van der Waals surface area contributed by atoms with Crippen molar-refractivity contribution in [3.63, 3.8) is 0 Å². The highest BCUT2D eigenvalue weighted by Crippen LogP contribution is 2.25. The molecule has 112 valence electrons. The summed E-state index contributed by atoms with van der Waals surface area (Å²) in [5, 5.41) is 15.2. The largest absolute Gasteiger partial charge is 0.402 e. The fourth-order valence-electron chi connectivity index (χ4n) is 2.85. The Kier molecular flexibility index (Phi) is 3.14. The predicted molar refractivity (Wildman–Crippen MR) is 80.4 cm³/mol. The maximum atomic E-state index is 5.62. The molecule has 0 spiro atoms. The summed E-state index contributed by atoms with van der Waals surface area (Å²) in [6, 6.07) is 11.1. The van der Waals surface area contributed by atoms with Crippen molar-refractivity contribution in [3.8, 4) is 11.6 Å². The van der Waals surface area contributed by atoms with E-state index in [1.807, 2.05) is 6.92 Å². The zero-order chi connectivity index (χ0) is 14.9. The maximum Gasteiger partial charge on any atom is 0.316 e. The van der Waals surface area contributed by atoms with Gasteiger partial charge in [0, 0.05) is 12.1 Å². The average molecular weight is 296 g/mol. The van der Waals surface area contributed by atoms with Gasteiger partial charge >= 0.3 is 6.01 Å². The van der Waals surface area contributed by atoms with Gasteiger partial charge in [0.15, 0.2) is 5.69 Å². The van der Waals surface area contributed by atoms with Gasteiger partial charge in [-0.15, -0.1) is 5.10 Å². The van der Waals surface area contributed by atoms with Crippen LogP contribution < -0.4 is 5.32 Å². The molecule has 0 bridgehead atoms. The molecule has 4 rings (SSSR count).